The summed E-state index contributed by atoms with van der Waals surface area (Å²) >= 11 is 3.38. The van der Waals surface area contributed by atoms with Gasteiger partial charge in [0.05, 0.1) is 0 Å². The third kappa shape index (κ3) is 2.43. The molecule has 5 heteroatoms. The number of nitrogens with two attached hydrogens (primary N) is 1. The van der Waals surface area contributed by atoms with Gasteiger partial charge in [0, 0.05) is 34.1 Å². The third-order valence-corrected chi connectivity index (χ3v) is 3.91. The second kappa shape index (κ2) is 5.14. The molecule has 0 amide bonds. The lowest BCUT2D eigenvalue weighted by Crippen LogP contribution is -2.24. The van der Waals surface area contributed by atoms with E-state index in [4.69, 9.17) is 10.5 Å². The van der Waals surface area contributed by atoms with Crippen LogP contribution >= 0.6 is 15.9 Å². The summed E-state index contributed by atoms with van der Waals surface area (Å²) in [5, 5.41) is 0. The van der Waals surface area contributed by atoms with Gasteiger partial charge in [-0.1, -0.05) is 15.9 Å². The van der Waals surface area contributed by atoms with Gasteiger partial charge in [0.25, 0.3) is 0 Å². The zero-order valence-corrected chi connectivity index (χ0v) is 12.0. The van der Waals surface area contributed by atoms with Crippen LogP contribution < -0.4 is 10.5 Å². The van der Waals surface area contributed by atoms with Crippen LogP contribution in [0.3, 0.4) is 0 Å². The Balaban J connectivity index is 1.97. The smallest absolute Gasteiger partial charge is 0.133 e. The molecule has 104 valence electrons. The Morgan fingerprint density at radius 3 is 2.65 bits per heavy atom. The van der Waals surface area contributed by atoms with Crippen molar-refractivity contribution in [1.82, 2.24) is 0 Å². The van der Waals surface area contributed by atoms with Crippen LogP contribution in [0.15, 0.2) is 40.9 Å². The van der Waals surface area contributed by atoms with Gasteiger partial charge >= 0.3 is 0 Å². The molecule has 2 aromatic carbocycles. The average molecular weight is 340 g/mol. The Morgan fingerprint density at radius 2 is 1.90 bits per heavy atom. The van der Waals surface area contributed by atoms with Gasteiger partial charge in [0.1, 0.15) is 23.5 Å². The predicted molar refractivity (Wildman–Crippen MR) is 75.4 cm³/mol. The molecule has 0 aromatic heterocycles. The van der Waals surface area contributed by atoms with Crippen LogP contribution in [-0.4, -0.2) is 0 Å². The van der Waals surface area contributed by atoms with Crippen LogP contribution in [0.4, 0.5) is 8.78 Å². The number of hydrogen-bond acceptors (Lipinski definition) is 2. The van der Waals surface area contributed by atoms with Gasteiger partial charge in [-0.15, -0.1) is 0 Å². The zero-order valence-electron chi connectivity index (χ0n) is 10.4. The maximum atomic E-state index is 13.8. The average Bonchev–Trinajstić information content (AvgIpc) is 2.39. The largest absolute Gasteiger partial charge is 0.485 e. The van der Waals surface area contributed by atoms with Crippen molar-refractivity contribution in [2.45, 2.75) is 18.6 Å². The van der Waals surface area contributed by atoms with Crippen molar-refractivity contribution >= 4 is 15.9 Å². The van der Waals surface area contributed by atoms with Crippen molar-refractivity contribution in [2.24, 2.45) is 5.73 Å². The molecule has 0 radical (unpaired) electrons. The van der Waals surface area contributed by atoms with Gasteiger partial charge in [0.15, 0.2) is 0 Å². The van der Waals surface area contributed by atoms with Crippen LogP contribution in [0.2, 0.25) is 0 Å². The molecule has 1 aliphatic rings. The van der Waals surface area contributed by atoms with E-state index >= 15 is 0 Å². The molecular formula is C15H12BrF2NO. The Kier molecular flexibility index (Phi) is 3.48. The summed E-state index contributed by atoms with van der Waals surface area (Å²) in [6.45, 7) is 0. The highest BCUT2D eigenvalue weighted by atomic mass is 79.9. The number of ether oxygens (including phenoxy) is 1. The molecule has 0 saturated carbocycles. The molecule has 2 atom stereocenters. The summed E-state index contributed by atoms with van der Waals surface area (Å²) in [6, 6.07) is 8.79. The molecule has 2 nitrogen and oxygen atoms in total. The van der Waals surface area contributed by atoms with Gasteiger partial charge < -0.3 is 10.5 Å². The molecule has 20 heavy (non-hydrogen) atoms. The second-order valence-electron chi connectivity index (χ2n) is 4.80. The lowest BCUT2D eigenvalue weighted by molar-refractivity contribution is 0.157. The Labute approximate surface area is 123 Å². The van der Waals surface area contributed by atoms with Gasteiger partial charge in [-0.25, -0.2) is 8.78 Å². The van der Waals surface area contributed by atoms with E-state index < -0.39 is 17.7 Å². The van der Waals surface area contributed by atoms with Gasteiger partial charge in [0.2, 0.25) is 0 Å². The maximum absolute atomic E-state index is 13.8. The van der Waals surface area contributed by atoms with Crippen molar-refractivity contribution in [2.75, 3.05) is 0 Å². The minimum atomic E-state index is -0.609. The first-order chi connectivity index (χ1) is 9.54. The fraction of sp³-hybridized carbons (Fsp3) is 0.200. The van der Waals surface area contributed by atoms with Crippen molar-refractivity contribution in [3.05, 3.63) is 63.6 Å². The van der Waals surface area contributed by atoms with E-state index in [1.165, 1.54) is 12.1 Å². The highest BCUT2D eigenvalue weighted by Gasteiger charge is 2.29. The summed E-state index contributed by atoms with van der Waals surface area (Å²) in [5.74, 6) is -0.570. The highest BCUT2D eigenvalue weighted by Crippen LogP contribution is 2.41. The predicted octanol–water partition coefficient (Wildman–Crippen LogP) is 4.25. The van der Waals surface area contributed by atoms with Gasteiger partial charge in [-0.3, -0.25) is 0 Å². The molecule has 2 unspecified atom stereocenters. The van der Waals surface area contributed by atoms with E-state index in [0.717, 1.165) is 16.1 Å². The van der Waals surface area contributed by atoms with Crippen LogP contribution in [0, 0.1) is 11.6 Å². The van der Waals surface area contributed by atoms with Crippen LogP contribution in [0.1, 0.15) is 29.7 Å². The lowest BCUT2D eigenvalue weighted by atomic mass is 9.93. The van der Waals surface area contributed by atoms with Crippen LogP contribution in [0.5, 0.6) is 5.75 Å². The number of halogens is 3. The molecular weight excluding hydrogens is 328 g/mol. The first-order valence-electron chi connectivity index (χ1n) is 6.21. The van der Waals surface area contributed by atoms with E-state index in [1.807, 2.05) is 12.1 Å². The standard InChI is InChI=1S/C15H12BrF2NO/c16-8-1-4-14-11(5-8)13(19)7-15(20-14)10-3-2-9(17)6-12(10)18/h1-6,13,15H,7,19H2. The third-order valence-electron chi connectivity index (χ3n) is 3.42. The van der Waals surface area contributed by atoms with E-state index in [-0.39, 0.29) is 6.04 Å². The summed E-state index contributed by atoms with van der Waals surface area (Å²) in [6.07, 6.45) is -0.0503. The number of benzene rings is 2. The van der Waals surface area contributed by atoms with E-state index in [2.05, 4.69) is 15.9 Å². The molecule has 0 aliphatic carbocycles. The van der Waals surface area contributed by atoms with E-state index in [9.17, 15) is 8.78 Å². The summed E-state index contributed by atoms with van der Waals surface area (Å²) in [4.78, 5) is 0. The topological polar surface area (TPSA) is 35.2 Å². The fourth-order valence-electron chi connectivity index (χ4n) is 2.43. The molecule has 0 bridgehead atoms. The first kappa shape index (κ1) is 13.5. The Hall–Kier alpha value is -1.46. The second-order valence-corrected chi connectivity index (χ2v) is 5.71. The zero-order chi connectivity index (χ0) is 14.3. The van der Waals surface area contributed by atoms with Crippen molar-refractivity contribution in [3.63, 3.8) is 0 Å². The van der Waals surface area contributed by atoms with E-state index in [0.29, 0.717) is 17.7 Å². The molecule has 0 saturated heterocycles. The monoisotopic (exact) mass is 339 g/mol. The molecule has 1 aliphatic heterocycles. The quantitative estimate of drug-likeness (QED) is 0.842. The number of rotatable bonds is 1. The number of fused-ring (bicyclic) bond motifs is 1. The first-order valence-corrected chi connectivity index (χ1v) is 7.00. The Bertz CT molecular complexity index is 662. The molecule has 0 fully saturated rings. The van der Waals surface area contributed by atoms with Crippen LogP contribution in [-0.2, 0) is 0 Å². The fourth-order valence-corrected chi connectivity index (χ4v) is 2.81. The molecule has 3 rings (SSSR count). The van der Waals surface area contributed by atoms with Gasteiger partial charge in [-0.05, 0) is 30.3 Å². The lowest BCUT2D eigenvalue weighted by Gasteiger charge is -2.30. The molecule has 2 aromatic rings. The van der Waals surface area contributed by atoms with Gasteiger partial charge in [-0.2, -0.15) is 0 Å². The summed E-state index contributed by atoms with van der Waals surface area (Å²) in [7, 11) is 0. The van der Waals surface area contributed by atoms with Crippen molar-refractivity contribution in [1.29, 1.82) is 0 Å². The normalized spacial score (nSPS) is 21.2. The Morgan fingerprint density at radius 1 is 1.10 bits per heavy atom. The molecule has 2 N–H and O–H groups in total. The molecule has 1 heterocycles. The SMILES string of the molecule is NC1CC(c2ccc(F)cc2F)Oc2ccc(Br)cc21. The maximum Gasteiger partial charge on any atom is 0.133 e. The summed E-state index contributed by atoms with van der Waals surface area (Å²) in [5.41, 5.74) is 7.34. The highest BCUT2D eigenvalue weighted by molar-refractivity contribution is 9.10. The van der Waals surface area contributed by atoms with Crippen molar-refractivity contribution < 1.29 is 13.5 Å². The molecule has 0 spiro atoms. The van der Waals surface area contributed by atoms with E-state index in [1.54, 1.807) is 6.07 Å². The van der Waals surface area contributed by atoms with Crippen molar-refractivity contribution in [3.8, 4) is 5.75 Å². The van der Waals surface area contributed by atoms with Crippen LogP contribution in [0.25, 0.3) is 0 Å². The summed E-state index contributed by atoms with van der Waals surface area (Å²) < 4.78 is 33.5. The number of hydrogen-bond donors (Lipinski definition) is 1. The minimum Gasteiger partial charge on any atom is -0.485 e. The minimum absolute atomic E-state index is 0.245.